The lowest BCUT2D eigenvalue weighted by Crippen LogP contribution is -2.04. The molecule has 2 aliphatic rings. The molecule has 0 saturated heterocycles. The molecule has 4 aromatic heterocycles. The Kier molecular flexibility index (Phi) is 10.4. The Hall–Kier alpha value is -8.18. The van der Waals surface area contributed by atoms with Gasteiger partial charge in [0.05, 0.1) is 39.5 Å². The second-order valence-corrected chi connectivity index (χ2v) is 15.2. The van der Waals surface area contributed by atoms with Crippen LogP contribution in [0.3, 0.4) is 0 Å². The Morgan fingerprint density at radius 3 is 1.08 bits per heavy atom. The maximum absolute atomic E-state index is 12.7. The summed E-state index contributed by atoms with van der Waals surface area (Å²) < 4.78 is 0. The molecular weight excluding hydrogens is 791 g/mol. The van der Waals surface area contributed by atoms with Gasteiger partial charge in [0.15, 0.2) is 0 Å². The predicted molar refractivity (Wildman–Crippen MR) is 247 cm³/mol. The minimum absolute atomic E-state index is 0.178. The lowest BCUT2D eigenvalue weighted by Gasteiger charge is -2.14. The highest BCUT2D eigenvalue weighted by molar-refractivity contribution is 6.03. The number of hydrogen-bond donors (Lipinski definition) is 5. The zero-order valence-corrected chi connectivity index (χ0v) is 34.7. The number of nitrogens with one attached hydrogen (secondary N) is 2. The van der Waals surface area contributed by atoms with Crippen molar-refractivity contribution in [2.75, 3.05) is 0 Å². The third-order valence-corrected chi connectivity index (χ3v) is 11.8. The van der Waals surface area contributed by atoms with E-state index in [0.717, 1.165) is 16.6 Å². The summed E-state index contributed by atoms with van der Waals surface area (Å²) in [6, 6.07) is 27.4. The van der Waals surface area contributed by atoms with E-state index in [2.05, 4.69) is 15.0 Å². The van der Waals surface area contributed by atoms with Crippen molar-refractivity contribution in [1.82, 2.24) is 24.9 Å². The Bertz CT molecular complexity index is 3220. The SMILES string of the molecule is CCc1c(C(=O)O)cccc1-c1c2nc(c(-c3cccc(C(=O)O)c3CC)c3ccc([nH]3)c(-c3cccc(C(=O)O)c3CC)c3nc(c(-c4ccncc4)c4ccc1[nH]4)C=C3)C=C2. The van der Waals surface area contributed by atoms with Gasteiger partial charge in [-0.15, -0.1) is 0 Å². The molecular formula is C52H41N5O6. The van der Waals surface area contributed by atoms with Gasteiger partial charge >= 0.3 is 17.9 Å². The van der Waals surface area contributed by atoms with Gasteiger partial charge in [-0.3, -0.25) is 4.98 Å². The van der Waals surface area contributed by atoms with Crippen molar-refractivity contribution in [3.8, 4) is 44.5 Å². The number of carbonyl (C=O) groups is 3. The van der Waals surface area contributed by atoms with E-state index in [4.69, 9.17) is 9.97 Å². The number of benzene rings is 3. The van der Waals surface area contributed by atoms with Crippen LogP contribution in [0, 0.1) is 0 Å². The summed E-state index contributed by atoms with van der Waals surface area (Å²) in [5, 5.41) is 31.0. The molecule has 0 fully saturated rings. The lowest BCUT2D eigenvalue weighted by atomic mass is 9.92. The van der Waals surface area contributed by atoms with Crippen molar-refractivity contribution < 1.29 is 29.7 Å². The van der Waals surface area contributed by atoms with Gasteiger partial charge in [0.2, 0.25) is 0 Å². The van der Waals surface area contributed by atoms with Crippen LogP contribution in [0.1, 0.15) is 91.3 Å². The molecule has 5 N–H and O–H groups in total. The van der Waals surface area contributed by atoms with Gasteiger partial charge in [-0.1, -0.05) is 57.2 Å². The van der Waals surface area contributed by atoms with Gasteiger partial charge < -0.3 is 25.3 Å². The highest BCUT2D eigenvalue weighted by atomic mass is 16.4. The Morgan fingerprint density at radius 2 is 0.762 bits per heavy atom. The zero-order valence-electron chi connectivity index (χ0n) is 34.7. The minimum Gasteiger partial charge on any atom is -0.478 e. The van der Waals surface area contributed by atoms with E-state index in [1.807, 2.05) is 99.7 Å². The van der Waals surface area contributed by atoms with Gasteiger partial charge in [-0.2, -0.15) is 0 Å². The first-order valence-electron chi connectivity index (χ1n) is 20.7. The summed E-state index contributed by atoms with van der Waals surface area (Å²) in [5.41, 5.74) is 13.4. The molecule has 7 aromatic rings. The average molecular weight is 832 g/mol. The Labute approximate surface area is 361 Å². The molecule has 0 spiro atoms. The van der Waals surface area contributed by atoms with E-state index in [-0.39, 0.29) is 16.7 Å². The van der Waals surface area contributed by atoms with Crippen molar-refractivity contribution in [3.05, 3.63) is 160 Å². The summed E-state index contributed by atoms with van der Waals surface area (Å²) in [4.78, 5) is 60.2. The molecule has 8 bridgehead atoms. The third kappa shape index (κ3) is 6.99. The summed E-state index contributed by atoms with van der Waals surface area (Å²) >= 11 is 0. The summed E-state index contributed by atoms with van der Waals surface area (Å²) in [6.07, 6.45) is 12.4. The number of rotatable bonds is 10. The molecule has 0 saturated carbocycles. The monoisotopic (exact) mass is 831 g/mol. The van der Waals surface area contributed by atoms with E-state index >= 15 is 0 Å². The fourth-order valence-electron chi connectivity index (χ4n) is 9.08. The minimum atomic E-state index is -1.04. The highest BCUT2D eigenvalue weighted by Crippen LogP contribution is 2.41. The quantitative estimate of drug-likeness (QED) is 0.0895. The highest BCUT2D eigenvalue weighted by Gasteiger charge is 2.24. The molecule has 0 unspecified atom stereocenters. The number of carboxylic acid groups (broad SMARTS) is 3. The molecule has 6 heterocycles. The van der Waals surface area contributed by atoms with E-state index in [1.165, 1.54) is 0 Å². The van der Waals surface area contributed by atoms with Crippen LogP contribution in [-0.2, 0) is 19.3 Å². The number of hydrogen-bond acceptors (Lipinski definition) is 6. The molecule has 11 heteroatoms. The summed E-state index contributed by atoms with van der Waals surface area (Å²) in [7, 11) is 0. The van der Waals surface area contributed by atoms with Gasteiger partial charge in [0.25, 0.3) is 0 Å². The van der Waals surface area contributed by atoms with Crippen LogP contribution >= 0.6 is 0 Å². The fraction of sp³-hybridized carbons (Fsp3) is 0.115. The smallest absolute Gasteiger partial charge is 0.335 e. The molecule has 63 heavy (non-hydrogen) atoms. The second-order valence-electron chi connectivity index (χ2n) is 15.2. The Morgan fingerprint density at radius 1 is 0.444 bits per heavy atom. The van der Waals surface area contributed by atoms with Crippen molar-refractivity contribution in [2.24, 2.45) is 0 Å². The largest absolute Gasteiger partial charge is 0.478 e. The van der Waals surface area contributed by atoms with Gasteiger partial charge in [0.1, 0.15) is 0 Å². The maximum Gasteiger partial charge on any atom is 0.335 e. The van der Waals surface area contributed by atoms with Crippen molar-refractivity contribution in [2.45, 2.75) is 40.0 Å². The average Bonchev–Trinajstić information content (AvgIpc) is 4.14. The lowest BCUT2D eigenvalue weighted by molar-refractivity contribution is 0.0685. The van der Waals surface area contributed by atoms with Crippen molar-refractivity contribution in [1.29, 1.82) is 0 Å². The number of nitrogens with zero attached hydrogens (tertiary/aromatic N) is 3. The van der Waals surface area contributed by atoms with E-state index in [1.54, 1.807) is 48.8 Å². The number of aromatic amines is 2. The van der Waals surface area contributed by atoms with Gasteiger partial charge in [0, 0.05) is 56.7 Å². The van der Waals surface area contributed by atoms with Crippen molar-refractivity contribution >= 4 is 64.3 Å². The number of carboxylic acids is 3. The maximum atomic E-state index is 12.7. The summed E-state index contributed by atoms with van der Waals surface area (Å²) in [5.74, 6) is -3.10. The van der Waals surface area contributed by atoms with E-state index in [9.17, 15) is 29.7 Å². The fourth-order valence-corrected chi connectivity index (χ4v) is 9.08. The van der Waals surface area contributed by atoms with Gasteiger partial charge in [-0.05, 0) is 137 Å². The van der Waals surface area contributed by atoms with Crippen LogP contribution in [0.4, 0.5) is 0 Å². The molecule has 11 nitrogen and oxygen atoms in total. The van der Waals surface area contributed by atoms with Crippen LogP contribution < -0.4 is 0 Å². The zero-order chi connectivity index (χ0) is 43.9. The second kappa shape index (κ2) is 16.4. The first-order valence-corrected chi connectivity index (χ1v) is 20.7. The number of H-pyrrole nitrogens is 2. The number of aromatic nitrogens is 5. The topological polar surface area (TPSA) is 182 Å². The van der Waals surface area contributed by atoms with Gasteiger partial charge in [-0.25, -0.2) is 24.4 Å². The standard InChI is InChI=1S/C52H41N5O6/c1-4-29-32(10-7-13-35(29)50(58)59)47-40-18-16-38(54-40)46(28-24-26-53-27-25-28)39-17-19-41(55-39)48(33-11-8-14-36(51(60)61)30(33)5-2)43-21-23-45(57-43)49(44-22-20-42(47)56-44)34-12-9-15-37(52(62)63)31(34)6-3/h7-27,54,57H,4-6H2,1-3H3,(H,58,59)(H,60,61)(H,62,63). The van der Waals surface area contributed by atoms with Crippen molar-refractivity contribution in [3.63, 3.8) is 0 Å². The molecule has 0 aliphatic carbocycles. The van der Waals surface area contributed by atoms with Crippen LogP contribution in [0.5, 0.6) is 0 Å². The Balaban J connectivity index is 1.52. The number of pyridine rings is 1. The van der Waals surface area contributed by atoms with Crippen LogP contribution in [0.25, 0.3) is 90.9 Å². The number of aromatic carboxylic acids is 3. The summed E-state index contributed by atoms with van der Waals surface area (Å²) in [6.45, 7) is 5.79. The van der Waals surface area contributed by atoms with E-state index in [0.29, 0.717) is 109 Å². The molecule has 310 valence electrons. The molecule has 0 radical (unpaired) electrons. The molecule has 0 amide bonds. The van der Waals surface area contributed by atoms with Crippen LogP contribution in [0.2, 0.25) is 0 Å². The third-order valence-electron chi connectivity index (χ3n) is 11.8. The molecule has 0 atom stereocenters. The van der Waals surface area contributed by atoms with E-state index < -0.39 is 17.9 Å². The molecule has 9 rings (SSSR count). The molecule has 2 aliphatic heterocycles. The first kappa shape index (κ1) is 40.2. The van der Waals surface area contributed by atoms with Crippen LogP contribution in [-0.4, -0.2) is 58.1 Å². The number of fused-ring (bicyclic) bond motifs is 8. The normalized spacial score (nSPS) is 11.9. The molecule has 3 aromatic carbocycles. The van der Waals surface area contributed by atoms with Crippen LogP contribution in [0.15, 0.2) is 103 Å². The predicted octanol–water partition coefficient (Wildman–Crippen LogP) is 11.5. The first-order chi connectivity index (χ1) is 30.6.